The largest absolute Gasteiger partial charge is 0.489 e. The Morgan fingerprint density at radius 2 is 1.58 bits per heavy atom. The first kappa shape index (κ1) is 17.7. The van der Waals surface area contributed by atoms with Gasteiger partial charge in [-0.25, -0.2) is 4.39 Å². The normalized spacial score (nSPS) is 10.5. The van der Waals surface area contributed by atoms with Gasteiger partial charge in [-0.2, -0.15) is 0 Å². The highest BCUT2D eigenvalue weighted by atomic mass is 19.1. The van der Waals surface area contributed by atoms with E-state index < -0.39 is 5.97 Å². The summed E-state index contributed by atoms with van der Waals surface area (Å²) in [7, 11) is 0. The predicted octanol–water partition coefficient (Wildman–Crippen LogP) is 5.09. The summed E-state index contributed by atoms with van der Waals surface area (Å²) >= 11 is 0. The minimum Gasteiger partial charge on any atom is -0.489 e. The number of hydrogen-bond acceptors (Lipinski definition) is 2. The first-order valence-corrected chi connectivity index (χ1v) is 8.38. The van der Waals surface area contributed by atoms with Crippen LogP contribution in [0.4, 0.5) is 4.39 Å². The number of benzene rings is 3. The molecule has 0 unspecified atom stereocenters. The van der Waals surface area contributed by atoms with Gasteiger partial charge in [-0.15, -0.1) is 0 Å². The highest BCUT2D eigenvalue weighted by molar-refractivity contribution is 5.67. The molecule has 0 bridgehead atoms. The molecule has 0 aromatic heterocycles. The fourth-order valence-electron chi connectivity index (χ4n) is 2.68. The summed E-state index contributed by atoms with van der Waals surface area (Å²) < 4.78 is 19.2. The second-order valence-corrected chi connectivity index (χ2v) is 6.04. The molecule has 0 heterocycles. The second-order valence-electron chi connectivity index (χ2n) is 6.04. The number of carboxylic acids is 1. The maximum absolute atomic E-state index is 13.4. The highest BCUT2D eigenvalue weighted by Crippen LogP contribution is 2.22. The van der Waals surface area contributed by atoms with E-state index in [1.807, 2.05) is 54.6 Å². The van der Waals surface area contributed by atoms with E-state index in [1.54, 1.807) is 6.07 Å². The van der Waals surface area contributed by atoms with Gasteiger partial charge in [-0.3, -0.25) is 4.79 Å². The average Bonchev–Trinajstić information content (AvgIpc) is 2.66. The molecule has 3 aromatic carbocycles. The molecule has 0 saturated carbocycles. The number of aryl methyl sites for hydroxylation is 1. The van der Waals surface area contributed by atoms with Gasteiger partial charge in [0.2, 0.25) is 0 Å². The van der Waals surface area contributed by atoms with Gasteiger partial charge in [-0.05, 0) is 59.0 Å². The van der Waals surface area contributed by atoms with Crippen LogP contribution in [-0.4, -0.2) is 11.1 Å². The van der Waals surface area contributed by atoms with Crippen LogP contribution in [0, 0.1) is 5.82 Å². The van der Waals surface area contributed by atoms with Crippen LogP contribution >= 0.6 is 0 Å². The molecule has 0 aliphatic heterocycles. The Morgan fingerprint density at radius 1 is 0.885 bits per heavy atom. The van der Waals surface area contributed by atoms with Crippen LogP contribution in [0.1, 0.15) is 17.5 Å². The number of carbonyl (C=O) groups is 1. The molecule has 3 aromatic rings. The Hall–Kier alpha value is -3.14. The van der Waals surface area contributed by atoms with E-state index in [2.05, 4.69) is 0 Å². The van der Waals surface area contributed by atoms with Crippen molar-refractivity contribution < 1.29 is 19.0 Å². The Morgan fingerprint density at radius 3 is 2.27 bits per heavy atom. The third kappa shape index (κ3) is 4.93. The zero-order valence-corrected chi connectivity index (χ0v) is 14.2. The fourth-order valence-corrected chi connectivity index (χ4v) is 2.68. The molecule has 4 heteroatoms. The van der Waals surface area contributed by atoms with Gasteiger partial charge in [-0.1, -0.05) is 42.5 Å². The lowest BCUT2D eigenvalue weighted by Gasteiger charge is -2.09. The van der Waals surface area contributed by atoms with E-state index >= 15 is 0 Å². The van der Waals surface area contributed by atoms with Crippen LogP contribution in [-0.2, 0) is 17.8 Å². The first-order valence-electron chi connectivity index (χ1n) is 8.38. The maximum Gasteiger partial charge on any atom is 0.303 e. The number of carboxylic acid groups (broad SMARTS) is 1. The number of aliphatic carboxylic acids is 1. The molecule has 0 saturated heterocycles. The third-order valence-corrected chi connectivity index (χ3v) is 4.04. The number of halogens is 1. The summed E-state index contributed by atoms with van der Waals surface area (Å²) in [5.41, 5.74) is 3.72. The van der Waals surface area contributed by atoms with Crippen LogP contribution in [0.2, 0.25) is 0 Å². The zero-order chi connectivity index (χ0) is 18.4. The van der Waals surface area contributed by atoms with Gasteiger partial charge >= 0.3 is 5.97 Å². The van der Waals surface area contributed by atoms with Gasteiger partial charge in [0.15, 0.2) is 0 Å². The molecule has 0 spiro atoms. The van der Waals surface area contributed by atoms with E-state index in [1.165, 1.54) is 12.1 Å². The lowest BCUT2D eigenvalue weighted by atomic mass is 10.0. The molecular weight excluding hydrogens is 331 g/mol. The zero-order valence-electron chi connectivity index (χ0n) is 14.2. The third-order valence-electron chi connectivity index (χ3n) is 4.04. The molecule has 26 heavy (non-hydrogen) atoms. The molecule has 1 N–H and O–H groups in total. The average molecular weight is 350 g/mol. The topological polar surface area (TPSA) is 46.5 Å². The first-order chi connectivity index (χ1) is 12.6. The van der Waals surface area contributed by atoms with Gasteiger partial charge < -0.3 is 9.84 Å². The van der Waals surface area contributed by atoms with E-state index in [0.29, 0.717) is 13.0 Å². The van der Waals surface area contributed by atoms with Crippen molar-refractivity contribution in [2.45, 2.75) is 19.4 Å². The van der Waals surface area contributed by atoms with Crippen LogP contribution in [0.3, 0.4) is 0 Å². The molecule has 132 valence electrons. The summed E-state index contributed by atoms with van der Waals surface area (Å²) in [6, 6.07) is 21.7. The van der Waals surface area contributed by atoms with Crippen molar-refractivity contribution in [1.29, 1.82) is 0 Å². The van der Waals surface area contributed by atoms with Crippen molar-refractivity contribution in [1.82, 2.24) is 0 Å². The summed E-state index contributed by atoms with van der Waals surface area (Å²) in [6.07, 6.45) is 0.623. The monoisotopic (exact) mass is 350 g/mol. The van der Waals surface area contributed by atoms with E-state index in [9.17, 15) is 9.18 Å². The minimum atomic E-state index is -0.802. The molecule has 0 amide bonds. The Bertz CT molecular complexity index is 888. The maximum atomic E-state index is 13.4. The standard InChI is InChI=1S/C22H19FO3/c23-20-6-2-5-19(14-20)18-4-1-3-17(13-18)15-26-21-10-7-16(8-11-21)9-12-22(24)25/h1-8,10-11,13-14H,9,12,15H2,(H,24,25). The molecule has 0 aliphatic rings. The molecular formula is C22H19FO3. The van der Waals surface area contributed by atoms with Crippen molar-refractivity contribution in [2.24, 2.45) is 0 Å². The fraction of sp³-hybridized carbons (Fsp3) is 0.136. The summed E-state index contributed by atoms with van der Waals surface area (Å²) in [6.45, 7) is 0.400. The number of rotatable bonds is 7. The SMILES string of the molecule is O=C(O)CCc1ccc(OCc2cccc(-c3cccc(F)c3)c2)cc1. The van der Waals surface area contributed by atoms with Gasteiger partial charge in [0.05, 0.1) is 0 Å². The number of ether oxygens (including phenoxy) is 1. The highest BCUT2D eigenvalue weighted by Gasteiger charge is 2.03. The molecule has 0 atom stereocenters. The van der Waals surface area contributed by atoms with Crippen molar-refractivity contribution in [3.63, 3.8) is 0 Å². The van der Waals surface area contributed by atoms with E-state index in [4.69, 9.17) is 9.84 Å². The van der Waals surface area contributed by atoms with Crippen LogP contribution in [0.15, 0.2) is 72.8 Å². The molecule has 3 rings (SSSR count). The summed E-state index contributed by atoms with van der Waals surface area (Å²) in [4.78, 5) is 10.6. The van der Waals surface area contributed by atoms with Gasteiger partial charge in [0, 0.05) is 6.42 Å². The number of hydrogen-bond donors (Lipinski definition) is 1. The molecule has 0 radical (unpaired) electrons. The Labute approximate surface area is 151 Å². The lowest BCUT2D eigenvalue weighted by Crippen LogP contribution is -1.98. The van der Waals surface area contributed by atoms with Crippen LogP contribution in [0.25, 0.3) is 11.1 Å². The molecule has 3 nitrogen and oxygen atoms in total. The second kappa shape index (κ2) is 8.30. The van der Waals surface area contributed by atoms with Crippen molar-refractivity contribution in [3.05, 3.63) is 89.7 Å². The lowest BCUT2D eigenvalue weighted by molar-refractivity contribution is -0.136. The van der Waals surface area contributed by atoms with Crippen LogP contribution in [0.5, 0.6) is 5.75 Å². The van der Waals surface area contributed by atoms with E-state index in [0.717, 1.165) is 28.0 Å². The minimum absolute atomic E-state index is 0.118. The Balaban J connectivity index is 1.63. The molecule has 0 fully saturated rings. The smallest absolute Gasteiger partial charge is 0.303 e. The van der Waals surface area contributed by atoms with Crippen LogP contribution < -0.4 is 4.74 Å². The van der Waals surface area contributed by atoms with Crippen molar-refractivity contribution >= 4 is 5.97 Å². The molecule has 0 aliphatic carbocycles. The van der Waals surface area contributed by atoms with Gasteiger partial charge in [0.1, 0.15) is 18.2 Å². The predicted molar refractivity (Wildman–Crippen MR) is 98.6 cm³/mol. The summed E-state index contributed by atoms with van der Waals surface area (Å²) in [5, 5.41) is 8.71. The van der Waals surface area contributed by atoms with Crippen molar-refractivity contribution in [2.75, 3.05) is 0 Å². The summed E-state index contributed by atoms with van der Waals surface area (Å²) in [5.74, 6) is -0.337. The quantitative estimate of drug-likeness (QED) is 0.646. The van der Waals surface area contributed by atoms with Gasteiger partial charge in [0.25, 0.3) is 0 Å². The van der Waals surface area contributed by atoms with Crippen molar-refractivity contribution in [3.8, 4) is 16.9 Å². The Kier molecular flexibility index (Phi) is 5.64. The van der Waals surface area contributed by atoms with E-state index in [-0.39, 0.29) is 12.2 Å².